The maximum Gasteiger partial charge on any atom is 0.160 e. The van der Waals surface area contributed by atoms with Gasteiger partial charge in [-0.1, -0.05) is 6.07 Å². The minimum atomic E-state index is 0.230. The molecule has 0 spiro atoms. The van der Waals surface area contributed by atoms with Crippen LogP contribution >= 0.6 is 0 Å². The van der Waals surface area contributed by atoms with E-state index in [1.165, 1.54) is 0 Å². The van der Waals surface area contributed by atoms with E-state index in [0.717, 1.165) is 51.3 Å². The van der Waals surface area contributed by atoms with E-state index in [0.29, 0.717) is 18.6 Å². The van der Waals surface area contributed by atoms with Crippen molar-refractivity contribution in [2.45, 2.75) is 39.0 Å². The van der Waals surface area contributed by atoms with Gasteiger partial charge in [0, 0.05) is 35.4 Å². The number of hydrogen-bond donors (Lipinski definition) is 0. The summed E-state index contributed by atoms with van der Waals surface area (Å²) in [5.41, 5.74) is 5.85. The minimum absolute atomic E-state index is 0.230. The van der Waals surface area contributed by atoms with Gasteiger partial charge in [-0.05, 0) is 61.7 Å². The van der Waals surface area contributed by atoms with Crippen molar-refractivity contribution in [2.75, 3.05) is 7.11 Å². The van der Waals surface area contributed by atoms with E-state index in [2.05, 4.69) is 26.0 Å². The molecular formula is C22H22N2O2. The molecule has 1 fully saturated rings. The van der Waals surface area contributed by atoms with Gasteiger partial charge in [0.05, 0.1) is 12.8 Å². The second-order valence-corrected chi connectivity index (χ2v) is 7.12. The molecule has 1 unspecified atom stereocenters. The normalized spacial score (nSPS) is 17.0. The Morgan fingerprint density at radius 1 is 1.08 bits per heavy atom. The maximum absolute atomic E-state index is 11.6. The quantitative estimate of drug-likeness (QED) is 0.686. The molecule has 4 heteroatoms. The van der Waals surface area contributed by atoms with Crippen LogP contribution in [0.15, 0.2) is 36.4 Å². The summed E-state index contributed by atoms with van der Waals surface area (Å²) in [6.07, 6.45) is 2.16. The first-order valence-electron chi connectivity index (χ1n) is 9.00. The smallest absolute Gasteiger partial charge is 0.160 e. The number of pyridine rings is 2. The van der Waals surface area contributed by atoms with Crippen molar-refractivity contribution >= 4 is 16.8 Å². The molecule has 2 aromatic heterocycles. The molecular weight excluding hydrogens is 324 g/mol. The zero-order valence-electron chi connectivity index (χ0n) is 15.4. The molecule has 0 amide bonds. The first kappa shape index (κ1) is 16.7. The van der Waals surface area contributed by atoms with Crippen molar-refractivity contribution in [3.8, 4) is 17.0 Å². The van der Waals surface area contributed by atoms with Gasteiger partial charge >= 0.3 is 0 Å². The van der Waals surface area contributed by atoms with Gasteiger partial charge in [0.25, 0.3) is 0 Å². The van der Waals surface area contributed by atoms with Gasteiger partial charge in [-0.3, -0.25) is 4.79 Å². The van der Waals surface area contributed by atoms with Crippen LogP contribution in [-0.2, 0) is 4.79 Å². The summed E-state index contributed by atoms with van der Waals surface area (Å²) in [7, 11) is 1.69. The van der Waals surface area contributed by atoms with Crippen LogP contribution in [0.3, 0.4) is 0 Å². The van der Waals surface area contributed by atoms with Crippen LogP contribution in [0.1, 0.15) is 42.0 Å². The molecule has 1 aromatic carbocycles. The van der Waals surface area contributed by atoms with Crippen molar-refractivity contribution in [1.29, 1.82) is 0 Å². The maximum atomic E-state index is 11.6. The lowest BCUT2D eigenvalue weighted by molar-refractivity contribution is -0.117. The van der Waals surface area contributed by atoms with Crippen molar-refractivity contribution in [1.82, 2.24) is 9.97 Å². The fourth-order valence-electron chi connectivity index (χ4n) is 3.86. The fourth-order valence-corrected chi connectivity index (χ4v) is 3.86. The molecule has 2 heterocycles. The molecule has 0 radical (unpaired) electrons. The Hall–Kier alpha value is -2.75. The molecule has 3 aromatic rings. The minimum Gasteiger partial charge on any atom is -0.496 e. The van der Waals surface area contributed by atoms with Crippen molar-refractivity contribution < 1.29 is 9.53 Å². The number of ketones is 1. The molecule has 1 aliphatic rings. The molecule has 132 valence electrons. The van der Waals surface area contributed by atoms with E-state index >= 15 is 0 Å². The predicted octanol–water partition coefficient (Wildman–Crippen LogP) is 4.76. The number of aromatic nitrogens is 2. The van der Waals surface area contributed by atoms with Crippen LogP contribution in [0.5, 0.6) is 5.75 Å². The molecule has 1 aliphatic carbocycles. The Labute approximate surface area is 153 Å². The van der Waals surface area contributed by atoms with E-state index in [1.54, 1.807) is 7.11 Å². The summed E-state index contributed by atoms with van der Waals surface area (Å²) in [6.45, 7) is 4.13. The van der Waals surface area contributed by atoms with Gasteiger partial charge in [-0.25, -0.2) is 9.97 Å². The molecule has 0 aliphatic heterocycles. The third-order valence-electron chi connectivity index (χ3n) is 5.16. The lowest BCUT2D eigenvalue weighted by atomic mass is 10.00. The summed E-state index contributed by atoms with van der Waals surface area (Å²) in [6, 6.07) is 12.3. The molecule has 1 atom stereocenters. The Morgan fingerprint density at radius 3 is 2.62 bits per heavy atom. The Bertz CT molecular complexity index is 1010. The van der Waals surface area contributed by atoms with Crippen LogP contribution in [0.25, 0.3) is 22.3 Å². The van der Waals surface area contributed by atoms with Gasteiger partial charge in [-0.2, -0.15) is 0 Å². The van der Waals surface area contributed by atoms with Crippen molar-refractivity contribution in [3.63, 3.8) is 0 Å². The summed E-state index contributed by atoms with van der Waals surface area (Å²) in [5.74, 6) is 1.39. The highest BCUT2D eigenvalue weighted by molar-refractivity contribution is 5.83. The molecule has 0 bridgehead atoms. The predicted molar refractivity (Wildman–Crippen MR) is 103 cm³/mol. The summed E-state index contributed by atoms with van der Waals surface area (Å²) < 4.78 is 5.59. The molecule has 1 saturated carbocycles. The van der Waals surface area contributed by atoms with Crippen LogP contribution in [0.2, 0.25) is 0 Å². The highest BCUT2D eigenvalue weighted by atomic mass is 16.5. The highest BCUT2D eigenvalue weighted by Crippen LogP contribution is 2.35. The second kappa shape index (κ2) is 6.52. The average Bonchev–Trinajstić information content (AvgIpc) is 3.06. The molecule has 0 saturated heterocycles. The van der Waals surface area contributed by atoms with Crippen LogP contribution in [-0.4, -0.2) is 22.9 Å². The first-order chi connectivity index (χ1) is 12.5. The number of methoxy groups -OCH3 is 1. The topological polar surface area (TPSA) is 52.1 Å². The van der Waals surface area contributed by atoms with E-state index < -0.39 is 0 Å². The van der Waals surface area contributed by atoms with Gasteiger partial charge in [-0.15, -0.1) is 0 Å². The molecule has 0 N–H and O–H groups in total. The van der Waals surface area contributed by atoms with Crippen LogP contribution in [0.4, 0.5) is 0 Å². The third-order valence-corrected chi connectivity index (χ3v) is 5.16. The number of rotatable bonds is 3. The van der Waals surface area contributed by atoms with Gasteiger partial charge in [0.15, 0.2) is 5.65 Å². The van der Waals surface area contributed by atoms with Crippen molar-refractivity contribution in [2.24, 2.45) is 0 Å². The molecule has 4 rings (SSSR count). The van der Waals surface area contributed by atoms with E-state index in [1.807, 2.05) is 24.3 Å². The van der Waals surface area contributed by atoms with E-state index in [9.17, 15) is 4.79 Å². The second-order valence-electron chi connectivity index (χ2n) is 7.12. The summed E-state index contributed by atoms with van der Waals surface area (Å²) in [5, 5.41) is 1.01. The number of carbonyl (C=O) groups is 1. The standard InChI is InChI=1S/C22H22N2O2/c1-13-10-14(2)21(20(11-13)26-3)19-9-6-15-5-8-18(23-22(15)24-19)16-4-7-17(25)12-16/h5-6,8-11,16H,4,7,12H2,1-3H3. The molecule has 26 heavy (non-hydrogen) atoms. The molecule has 4 nitrogen and oxygen atoms in total. The number of benzene rings is 1. The number of nitrogens with zero attached hydrogens (tertiary/aromatic N) is 2. The SMILES string of the molecule is COc1cc(C)cc(C)c1-c1ccc2ccc(C3CCC(=O)C3)nc2n1. The number of fused-ring (bicyclic) bond motifs is 1. The number of Topliss-reactive ketones (excluding diaryl/α,β-unsaturated/α-hetero) is 1. The third kappa shape index (κ3) is 2.96. The monoisotopic (exact) mass is 346 g/mol. The van der Waals surface area contributed by atoms with Crippen LogP contribution < -0.4 is 4.74 Å². The van der Waals surface area contributed by atoms with Crippen LogP contribution in [0, 0.1) is 13.8 Å². The number of hydrogen-bond acceptors (Lipinski definition) is 4. The Morgan fingerprint density at radius 2 is 1.88 bits per heavy atom. The largest absolute Gasteiger partial charge is 0.496 e. The average molecular weight is 346 g/mol. The number of carbonyl (C=O) groups excluding carboxylic acids is 1. The summed E-state index contributed by atoms with van der Waals surface area (Å²) >= 11 is 0. The lowest BCUT2D eigenvalue weighted by Gasteiger charge is -2.13. The fraction of sp³-hybridized carbons (Fsp3) is 0.318. The Kier molecular flexibility index (Phi) is 4.19. The first-order valence-corrected chi connectivity index (χ1v) is 9.00. The summed E-state index contributed by atoms with van der Waals surface area (Å²) in [4.78, 5) is 21.2. The van der Waals surface area contributed by atoms with Gasteiger partial charge in [0.2, 0.25) is 0 Å². The Balaban J connectivity index is 1.81. The van der Waals surface area contributed by atoms with Gasteiger partial charge in [0.1, 0.15) is 11.5 Å². The highest BCUT2D eigenvalue weighted by Gasteiger charge is 2.25. The zero-order chi connectivity index (χ0) is 18.3. The van der Waals surface area contributed by atoms with E-state index in [-0.39, 0.29) is 5.92 Å². The van der Waals surface area contributed by atoms with E-state index in [4.69, 9.17) is 14.7 Å². The number of ether oxygens (including phenoxy) is 1. The van der Waals surface area contributed by atoms with Crippen molar-refractivity contribution in [3.05, 3.63) is 53.2 Å². The number of aryl methyl sites for hydroxylation is 2. The zero-order valence-corrected chi connectivity index (χ0v) is 15.4. The lowest BCUT2D eigenvalue weighted by Crippen LogP contribution is -2.00. The van der Waals surface area contributed by atoms with Gasteiger partial charge < -0.3 is 4.74 Å².